The van der Waals surface area contributed by atoms with Crippen molar-refractivity contribution in [3.63, 3.8) is 0 Å². The Labute approximate surface area is 143 Å². The Balaban J connectivity index is 5.36. The minimum absolute atomic E-state index is 0.0283. The highest BCUT2D eigenvalue weighted by molar-refractivity contribution is 7.80. The van der Waals surface area contributed by atoms with Gasteiger partial charge in [0.2, 0.25) is 11.8 Å². The van der Waals surface area contributed by atoms with Crippen LogP contribution in [0.1, 0.15) is 0 Å². The summed E-state index contributed by atoms with van der Waals surface area (Å²) < 4.78 is 0. The van der Waals surface area contributed by atoms with Crippen LogP contribution >= 0.6 is 12.6 Å². The lowest BCUT2D eigenvalue weighted by atomic mass is 10.1. The van der Waals surface area contributed by atoms with Crippen LogP contribution in [0.25, 0.3) is 0 Å². The fraction of sp³-hybridized carbons (Fsp3) is 0.750. The lowest BCUT2D eigenvalue weighted by Crippen LogP contribution is -2.59. The Morgan fingerprint density at radius 3 is 2.08 bits per heavy atom. The van der Waals surface area contributed by atoms with Crippen molar-refractivity contribution in [1.29, 1.82) is 0 Å². The molecule has 0 aliphatic rings. The SMILES string of the molecule is N[C@@H](CS)C(=O)N[C@@H](CO)C(=O)N(CC(O)CO)[C@@H](CO)C(=O)O. The number of nitrogens with zero attached hydrogens (tertiary/aromatic N) is 1. The monoisotopic (exact) mass is 369 g/mol. The predicted molar refractivity (Wildman–Crippen MR) is 84.2 cm³/mol. The molecule has 0 aromatic rings. The molecular weight excluding hydrogens is 346 g/mol. The fourth-order valence-electron chi connectivity index (χ4n) is 1.71. The second kappa shape index (κ2) is 11.2. The molecule has 0 aliphatic heterocycles. The molecule has 0 aromatic carbocycles. The van der Waals surface area contributed by atoms with E-state index in [1.54, 1.807) is 0 Å². The van der Waals surface area contributed by atoms with Gasteiger partial charge in [0, 0.05) is 12.3 Å². The summed E-state index contributed by atoms with van der Waals surface area (Å²) in [6.07, 6.45) is -1.47. The zero-order chi connectivity index (χ0) is 18.9. The number of nitrogens with two attached hydrogens (primary N) is 1. The first-order valence-corrected chi connectivity index (χ1v) is 7.57. The van der Waals surface area contributed by atoms with E-state index in [9.17, 15) is 24.6 Å². The van der Waals surface area contributed by atoms with Gasteiger partial charge in [-0.1, -0.05) is 0 Å². The van der Waals surface area contributed by atoms with E-state index in [1.165, 1.54) is 0 Å². The number of carboxylic acids is 1. The standard InChI is InChI=1S/C12H23N3O8S/c13-7(5-24)10(20)14-8(3-17)11(21)15(1-6(19)2-16)9(4-18)12(22)23/h6-9,16-19,24H,1-5,13H2,(H,14,20)(H,22,23)/t6?,7-,8-,9-/m0/s1. The van der Waals surface area contributed by atoms with Crippen LogP contribution in [0.4, 0.5) is 0 Å². The molecule has 0 spiro atoms. The molecule has 11 nitrogen and oxygen atoms in total. The van der Waals surface area contributed by atoms with E-state index in [0.717, 1.165) is 0 Å². The Bertz CT molecular complexity index is 439. The van der Waals surface area contributed by atoms with Crippen molar-refractivity contribution in [3.8, 4) is 0 Å². The molecule has 0 radical (unpaired) electrons. The van der Waals surface area contributed by atoms with Crippen LogP contribution < -0.4 is 11.1 Å². The maximum atomic E-state index is 12.4. The molecule has 8 N–H and O–H groups in total. The van der Waals surface area contributed by atoms with Gasteiger partial charge in [-0.2, -0.15) is 12.6 Å². The van der Waals surface area contributed by atoms with Crippen LogP contribution in [0.15, 0.2) is 0 Å². The average Bonchev–Trinajstić information content (AvgIpc) is 2.57. The molecular formula is C12H23N3O8S. The maximum absolute atomic E-state index is 12.4. The van der Waals surface area contributed by atoms with Crippen LogP contribution in [-0.4, -0.2) is 105 Å². The normalized spacial score (nSPS) is 15.9. The number of nitrogens with one attached hydrogen (secondary N) is 1. The Kier molecular flexibility index (Phi) is 10.5. The summed E-state index contributed by atoms with van der Waals surface area (Å²) in [5.74, 6) is -3.45. The van der Waals surface area contributed by atoms with Gasteiger partial charge >= 0.3 is 5.97 Å². The van der Waals surface area contributed by atoms with Gasteiger partial charge in [-0.25, -0.2) is 4.79 Å². The molecule has 0 saturated heterocycles. The molecule has 12 heteroatoms. The van der Waals surface area contributed by atoms with Crippen molar-refractivity contribution in [2.24, 2.45) is 5.73 Å². The lowest BCUT2D eigenvalue weighted by molar-refractivity contribution is -0.155. The Morgan fingerprint density at radius 1 is 1.12 bits per heavy atom. The third-order valence-corrected chi connectivity index (χ3v) is 3.46. The zero-order valence-electron chi connectivity index (χ0n) is 12.8. The number of amides is 2. The van der Waals surface area contributed by atoms with Crippen LogP contribution in [0.2, 0.25) is 0 Å². The Morgan fingerprint density at radius 2 is 1.71 bits per heavy atom. The molecule has 0 rings (SSSR count). The van der Waals surface area contributed by atoms with Gasteiger partial charge in [0.25, 0.3) is 0 Å². The molecule has 0 heterocycles. The molecule has 4 atom stereocenters. The average molecular weight is 369 g/mol. The van der Waals surface area contributed by atoms with Gasteiger partial charge in [-0.3, -0.25) is 9.59 Å². The Hall–Kier alpha value is -1.44. The molecule has 140 valence electrons. The summed E-state index contributed by atoms with van der Waals surface area (Å²) in [6, 6.07) is -4.33. The summed E-state index contributed by atoms with van der Waals surface area (Å²) in [5, 5.41) is 48.0. The minimum atomic E-state index is -1.73. The number of aliphatic hydroxyl groups excluding tert-OH is 4. The van der Waals surface area contributed by atoms with Gasteiger partial charge in [0.1, 0.15) is 6.04 Å². The minimum Gasteiger partial charge on any atom is -0.480 e. The third-order valence-electron chi connectivity index (χ3n) is 3.07. The number of carboxylic acid groups (broad SMARTS) is 1. The number of thiol groups is 1. The van der Waals surface area contributed by atoms with Gasteiger partial charge in [0.05, 0.1) is 32.0 Å². The van der Waals surface area contributed by atoms with Crippen molar-refractivity contribution in [2.75, 3.05) is 32.1 Å². The first-order chi connectivity index (χ1) is 11.2. The maximum Gasteiger partial charge on any atom is 0.328 e. The fourth-order valence-corrected chi connectivity index (χ4v) is 1.88. The van der Waals surface area contributed by atoms with E-state index in [-0.39, 0.29) is 5.75 Å². The van der Waals surface area contributed by atoms with Crippen molar-refractivity contribution in [2.45, 2.75) is 24.2 Å². The van der Waals surface area contributed by atoms with E-state index in [4.69, 9.17) is 21.1 Å². The van der Waals surface area contributed by atoms with Gasteiger partial charge in [-0.15, -0.1) is 0 Å². The molecule has 0 aromatic heterocycles. The van der Waals surface area contributed by atoms with Crippen LogP contribution in [0.5, 0.6) is 0 Å². The third kappa shape index (κ3) is 6.59. The number of carbonyl (C=O) groups excluding carboxylic acids is 2. The molecule has 2 amide bonds. The number of aliphatic carboxylic acids is 1. The molecule has 0 aliphatic carbocycles. The first kappa shape index (κ1) is 22.6. The van der Waals surface area contributed by atoms with E-state index < -0.39 is 68.4 Å². The molecule has 1 unspecified atom stereocenters. The van der Waals surface area contributed by atoms with Crippen molar-refractivity contribution in [3.05, 3.63) is 0 Å². The second-order valence-electron chi connectivity index (χ2n) is 4.90. The number of hydrogen-bond acceptors (Lipinski definition) is 9. The quantitative estimate of drug-likeness (QED) is 0.165. The van der Waals surface area contributed by atoms with Gasteiger partial charge < -0.3 is 41.5 Å². The first-order valence-electron chi connectivity index (χ1n) is 6.94. The highest BCUT2D eigenvalue weighted by atomic mass is 32.1. The number of hydrogen-bond donors (Lipinski definition) is 8. The van der Waals surface area contributed by atoms with Gasteiger partial charge in [0.15, 0.2) is 6.04 Å². The van der Waals surface area contributed by atoms with E-state index in [2.05, 4.69) is 17.9 Å². The smallest absolute Gasteiger partial charge is 0.328 e. The van der Waals surface area contributed by atoms with Crippen molar-refractivity contribution >= 4 is 30.4 Å². The van der Waals surface area contributed by atoms with Crippen LogP contribution in [0.3, 0.4) is 0 Å². The summed E-state index contributed by atoms with van der Waals surface area (Å²) >= 11 is 3.82. The summed E-state index contributed by atoms with van der Waals surface area (Å²) in [7, 11) is 0. The zero-order valence-corrected chi connectivity index (χ0v) is 13.7. The number of aliphatic hydroxyl groups is 4. The molecule has 0 bridgehead atoms. The summed E-state index contributed by atoms with van der Waals surface area (Å²) in [5.41, 5.74) is 5.43. The number of carbonyl (C=O) groups is 3. The molecule has 24 heavy (non-hydrogen) atoms. The number of rotatable bonds is 11. The van der Waals surface area contributed by atoms with E-state index in [1.807, 2.05) is 0 Å². The van der Waals surface area contributed by atoms with Crippen LogP contribution in [-0.2, 0) is 14.4 Å². The topological polar surface area (TPSA) is 194 Å². The second-order valence-corrected chi connectivity index (χ2v) is 5.26. The highest BCUT2D eigenvalue weighted by Gasteiger charge is 2.35. The summed E-state index contributed by atoms with van der Waals surface area (Å²) in [4.78, 5) is 35.8. The molecule has 0 saturated carbocycles. The highest BCUT2D eigenvalue weighted by Crippen LogP contribution is 2.06. The van der Waals surface area contributed by atoms with Crippen molar-refractivity contribution in [1.82, 2.24) is 10.2 Å². The van der Waals surface area contributed by atoms with Gasteiger partial charge in [-0.05, 0) is 0 Å². The summed E-state index contributed by atoms with van der Waals surface area (Å²) in [6.45, 7) is -3.23. The largest absolute Gasteiger partial charge is 0.480 e. The molecule has 0 fully saturated rings. The van der Waals surface area contributed by atoms with E-state index in [0.29, 0.717) is 4.90 Å². The van der Waals surface area contributed by atoms with Crippen LogP contribution in [0, 0.1) is 0 Å². The van der Waals surface area contributed by atoms with Crippen molar-refractivity contribution < 1.29 is 39.9 Å². The predicted octanol–water partition coefficient (Wildman–Crippen LogP) is -4.65. The lowest BCUT2D eigenvalue weighted by Gasteiger charge is -2.32. The van der Waals surface area contributed by atoms with E-state index >= 15 is 0 Å².